The van der Waals surface area contributed by atoms with Crippen LogP contribution in [0.4, 0.5) is 0 Å². The molecule has 0 unspecified atom stereocenters. The van der Waals surface area contributed by atoms with Crippen molar-refractivity contribution in [3.05, 3.63) is 36.5 Å². The molecule has 0 saturated heterocycles. The minimum atomic E-state index is -0.935. The van der Waals surface area contributed by atoms with Crippen LogP contribution in [0.15, 0.2) is 36.5 Å². The van der Waals surface area contributed by atoms with Gasteiger partial charge in [0.1, 0.15) is 0 Å². The summed E-state index contributed by atoms with van der Waals surface area (Å²) < 4.78 is 0. The molecule has 0 amide bonds. The molecule has 7 nitrogen and oxygen atoms in total. The fourth-order valence-corrected chi connectivity index (χ4v) is 0. The monoisotopic (exact) mass is 366 g/mol. The van der Waals surface area contributed by atoms with Gasteiger partial charge in [0, 0.05) is 44.5 Å². The largest absolute Gasteiger partial charge is 0.478 e. The van der Waals surface area contributed by atoms with Gasteiger partial charge in [-0.05, 0) is 34.6 Å². The molecule has 0 rings (SSSR count). The first-order chi connectivity index (χ1) is 9.66. The van der Waals surface area contributed by atoms with Gasteiger partial charge >= 0.3 is 17.9 Å². The predicted octanol–water partition coefficient (Wildman–Crippen LogP) is 2.33. The van der Waals surface area contributed by atoms with Crippen molar-refractivity contribution in [1.82, 2.24) is 0 Å². The van der Waals surface area contributed by atoms with Crippen molar-refractivity contribution in [2.75, 3.05) is 0 Å². The third-order valence-electron chi connectivity index (χ3n) is 1.10. The van der Waals surface area contributed by atoms with E-state index in [0.29, 0.717) is 0 Å². The first kappa shape index (κ1) is 33.0. The number of aliphatic hydroxyl groups is 1. The van der Waals surface area contributed by atoms with Crippen LogP contribution in [0.1, 0.15) is 34.6 Å². The summed E-state index contributed by atoms with van der Waals surface area (Å²) >= 11 is 0. The van der Waals surface area contributed by atoms with Gasteiger partial charge in [-0.2, -0.15) is 0 Å². The number of rotatable bonds is 3. The van der Waals surface area contributed by atoms with E-state index in [1.54, 1.807) is 13.8 Å². The Morgan fingerprint density at radius 3 is 0.739 bits per heavy atom. The molecule has 0 atom stereocenters. The summed E-state index contributed by atoms with van der Waals surface area (Å²) in [5, 5.41) is 31.7. The number of aliphatic hydroxyl groups excluding tert-OH is 1. The summed E-state index contributed by atoms with van der Waals surface area (Å²) in [5.41, 5.74) is 0.528. The maximum absolute atomic E-state index is 9.60. The normalized spacial score (nSPS) is 7.43. The first-order valence-electron chi connectivity index (χ1n) is 6.01. The molecule has 4 N–H and O–H groups in total. The zero-order valence-corrected chi connectivity index (χ0v) is 15.8. The molecule has 0 radical (unpaired) electrons. The Morgan fingerprint density at radius 2 is 0.739 bits per heavy atom. The van der Waals surface area contributed by atoms with E-state index in [0.717, 1.165) is 0 Å². The second kappa shape index (κ2) is 20.3. The molecular formula is C15H26O7Ti. The predicted molar refractivity (Wildman–Crippen MR) is 84.7 cm³/mol. The van der Waals surface area contributed by atoms with E-state index >= 15 is 0 Å². The van der Waals surface area contributed by atoms with Gasteiger partial charge in [-0.3, -0.25) is 0 Å². The van der Waals surface area contributed by atoms with Gasteiger partial charge in [0.15, 0.2) is 0 Å². The smallest absolute Gasteiger partial charge is 0.330 e. The van der Waals surface area contributed by atoms with Gasteiger partial charge in [0.25, 0.3) is 0 Å². The van der Waals surface area contributed by atoms with Crippen LogP contribution in [0.5, 0.6) is 0 Å². The molecule has 0 spiro atoms. The molecule has 23 heavy (non-hydrogen) atoms. The number of carbonyl (C=O) groups is 3. The number of aliphatic carboxylic acids is 3. The number of carboxylic acids is 3. The standard InChI is InChI=1S/3C4H6O2.C3H8O.Ti/c3*1-3(2)4(5)6;1-3(2)4;/h3*1H2,2H3,(H,5,6);3-4H,1-2H3;. The Balaban J connectivity index is -0.0000000624. The van der Waals surface area contributed by atoms with Gasteiger partial charge in [-0.15, -0.1) is 0 Å². The van der Waals surface area contributed by atoms with Crippen LogP contribution in [0.3, 0.4) is 0 Å². The number of hydrogen-bond donors (Lipinski definition) is 4. The minimum Gasteiger partial charge on any atom is -0.478 e. The average molecular weight is 366 g/mol. The molecular weight excluding hydrogens is 340 g/mol. The van der Waals surface area contributed by atoms with Crippen LogP contribution < -0.4 is 0 Å². The van der Waals surface area contributed by atoms with Crippen LogP contribution in [-0.2, 0) is 36.1 Å². The molecule has 0 aromatic carbocycles. The molecule has 8 heteroatoms. The van der Waals surface area contributed by atoms with Crippen molar-refractivity contribution >= 4 is 17.9 Å². The SMILES string of the molecule is C=C(C)C(=O)O.C=C(C)C(=O)O.C=C(C)C(=O)O.CC(C)O.[Ti]. The van der Waals surface area contributed by atoms with Crippen LogP contribution >= 0.6 is 0 Å². The van der Waals surface area contributed by atoms with Crippen LogP contribution in [0.25, 0.3) is 0 Å². The van der Waals surface area contributed by atoms with E-state index in [1.165, 1.54) is 20.8 Å². The molecule has 0 saturated carbocycles. The van der Waals surface area contributed by atoms with E-state index in [-0.39, 0.29) is 44.5 Å². The number of carboxylic acid groups (broad SMARTS) is 3. The minimum absolute atomic E-state index is 0. The van der Waals surface area contributed by atoms with E-state index in [9.17, 15) is 14.4 Å². The summed E-state index contributed by atoms with van der Waals surface area (Å²) in [5.74, 6) is -2.81. The molecule has 0 aromatic heterocycles. The zero-order chi connectivity index (χ0) is 19.0. The van der Waals surface area contributed by atoms with Crippen LogP contribution in [0, 0.1) is 0 Å². The Bertz CT molecular complexity index is 316. The van der Waals surface area contributed by atoms with Crippen molar-refractivity contribution in [3.63, 3.8) is 0 Å². The first-order valence-corrected chi connectivity index (χ1v) is 6.01. The van der Waals surface area contributed by atoms with Crippen LogP contribution in [-0.4, -0.2) is 44.4 Å². The van der Waals surface area contributed by atoms with Gasteiger partial charge in [-0.25, -0.2) is 14.4 Å². The summed E-state index contributed by atoms with van der Waals surface area (Å²) in [6.07, 6.45) is -0.167. The number of hydrogen-bond acceptors (Lipinski definition) is 4. The summed E-state index contributed by atoms with van der Waals surface area (Å²) in [6, 6.07) is 0. The summed E-state index contributed by atoms with van der Waals surface area (Å²) in [7, 11) is 0. The molecule has 0 aliphatic rings. The van der Waals surface area contributed by atoms with E-state index in [1.807, 2.05) is 0 Å². The molecule has 0 aliphatic carbocycles. The Kier molecular flexibility index (Phi) is 29.2. The van der Waals surface area contributed by atoms with Crippen molar-refractivity contribution < 1.29 is 56.5 Å². The third kappa shape index (κ3) is 64.1. The van der Waals surface area contributed by atoms with Gasteiger partial charge < -0.3 is 20.4 Å². The molecule has 0 bridgehead atoms. The van der Waals surface area contributed by atoms with Crippen LogP contribution in [0.2, 0.25) is 0 Å². The van der Waals surface area contributed by atoms with E-state index in [4.69, 9.17) is 20.4 Å². The fourth-order valence-electron chi connectivity index (χ4n) is 0. The third-order valence-corrected chi connectivity index (χ3v) is 1.10. The molecule has 0 heterocycles. The maximum atomic E-state index is 9.60. The molecule has 0 aliphatic heterocycles. The topological polar surface area (TPSA) is 132 Å². The molecule has 0 aromatic rings. The Labute approximate surface area is 151 Å². The Hall–Kier alpha value is -1.70. The molecule has 0 fully saturated rings. The molecule has 132 valence electrons. The van der Waals surface area contributed by atoms with Crippen molar-refractivity contribution in [1.29, 1.82) is 0 Å². The quantitative estimate of drug-likeness (QED) is 0.445. The van der Waals surface area contributed by atoms with Crippen molar-refractivity contribution in [3.8, 4) is 0 Å². The van der Waals surface area contributed by atoms with E-state index in [2.05, 4.69) is 19.7 Å². The fraction of sp³-hybridized carbons (Fsp3) is 0.400. The van der Waals surface area contributed by atoms with Gasteiger partial charge in [-0.1, -0.05) is 19.7 Å². The van der Waals surface area contributed by atoms with Gasteiger partial charge in [0.2, 0.25) is 0 Å². The Morgan fingerprint density at radius 1 is 0.696 bits per heavy atom. The van der Waals surface area contributed by atoms with Crippen molar-refractivity contribution in [2.24, 2.45) is 0 Å². The van der Waals surface area contributed by atoms with E-state index < -0.39 is 17.9 Å². The zero-order valence-electron chi connectivity index (χ0n) is 14.2. The second-order valence-corrected chi connectivity index (χ2v) is 4.35. The summed E-state index contributed by atoms with van der Waals surface area (Å²) in [6.45, 7) is 17.2. The second-order valence-electron chi connectivity index (χ2n) is 4.35. The summed E-state index contributed by atoms with van der Waals surface area (Å²) in [4.78, 5) is 28.8. The van der Waals surface area contributed by atoms with Gasteiger partial charge in [0.05, 0.1) is 0 Å². The van der Waals surface area contributed by atoms with Crippen molar-refractivity contribution in [2.45, 2.75) is 40.7 Å². The average Bonchev–Trinajstić information content (AvgIpc) is 2.29. The maximum Gasteiger partial charge on any atom is 0.330 e.